The SMILES string of the molecule is CCN(CC)S(=O)(=O)c1cc(NC(=O)C2CCOCC2)ccc1C. The first-order chi connectivity index (χ1) is 11.4. The van der Waals surface area contributed by atoms with Crippen molar-refractivity contribution >= 4 is 21.6 Å². The van der Waals surface area contributed by atoms with E-state index in [1.165, 1.54) is 4.31 Å². The van der Waals surface area contributed by atoms with Gasteiger partial charge in [0.05, 0.1) is 4.90 Å². The topological polar surface area (TPSA) is 75.7 Å². The molecule has 2 rings (SSSR count). The van der Waals surface area contributed by atoms with Crippen LogP contribution in [0.3, 0.4) is 0 Å². The molecule has 1 aliphatic rings. The summed E-state index contributed by atoms with van der Waals surface area (Å²) in [5.74, 6) is -0.156. The fraction of sp³-hybridized carbons (Fsp3) is 0.588. The second-order valence-electron chi connectivity index (χ2n) is 5.95. The lowest BCUT2D eigenvalue weighted by atomic mass is 9.99. The summed E-state index contributed by atoms with van der Waals surface area (Å²) in [6.07, 6.45) is 1.39. The van der Waals surface area contributed by atoms with Gasteiger partial charge in [0.25, 0.3) is 0 Å². The van der Waals surface area contributed by atoms with Crippen molar-refractivity contribution < 1.29 is 17.9 Å². The molecule has 0 atom stereocenters. The molecule has 0 radical (unpaired) electrons. The smallest absolute Gasteiger partial charge is 0.243 e. The van der Waals surface area contributed by atoms with Gasteiger partial charge in [-0.1, -0.05) is 19.9 Å². The number of hydrogen-bond acceptors (Lipinski definition) is 4. The highest BCUT2D eigenvalue weighted by Gasteiger charge is 2.25. The number of amides is 1. The minimum atomic E-state index is -3.55. The lowest BCUT2D eigenvalue weighted by Gasteiger charge is -2.22. The van der Waals surface area contributed by atoms with Gasteiger partial charge in [0.1, 0.15) is 0 Å². The quantitative estimate of drug-likeness (QED) is 0.851. The number of aryl methyl sites for hydroxylation is 1. The van der Waals surface area contributed by atoms with Gasteiger partial charge in [-0.3, -0.25) is 4.79 Å². The van der Waals surface area contributed by atoms with Crippen LogP contribution in [0.4, 0.5) is 5.69 Å². The third kappa shape index (κ3) is 4.15. The van der Waals surface area contributed by atoms with Gasteiger partial charge in [-0.05, 0) is 37.5 Å². The summed E-state index contributed by atoms with van der Waals surface area (Å²) < 4.78 is 32.2. The molecule has 134 valence electrons. The number of nitrogens with one attached hydrogen (secondary N) is 1. The van der Waals surface area contributed by atoms with Gasteiger partial charge >= 0.3 is 0 Å². The summed E-state index contributed by atoms with van der Waals surface area (Å²) in [6, 6.07) is 5.03. The molecule has 0 bridgehead atoms. The van der Waals surface area contributed by atoms with Crippen LogP contribution in [0.1, 0.15) is 32.3 Å². The van der Waals surface area contributed by atoms with Crippen molar-refractivity contribution in [2.24, 2.45) is 5.92 Å². The summed E-state index contributed by atoms with van der Waals surface area (Å²) in [5, 5.41) is 2.85. The molecule has 1 N–H and O–H groups in total. The molecular weight excluding hydrogens is 328 g/mol. The largest absolute Gasteiger partial charge is 0.381 e. The van der Waals surface area contributed by atoms with Crippen molar-refractivity contribution in [1.82, 2.24) is 4.31 Å². The van der Waals surface area contributed by atoms with E-state index in [1.54, 1.807) is 25.1 Å². The molecule has 1 fully saturated rings. The molecule has 6 nitrogen and oxygen atoms in total. The Morgan fingerprint density at radius 2 is 1.88 bits per heavy atom. The van der Waals surface area contributed by atoms with Gasteiger partial charge in [0.2, 0.25) is 15.9 Å². The van der Waals surface area contributed by atoms with E-state index in [0.717, 1.165) is 0 Å². The Kier molecular flexibility index (Phi) is 6.37. The van der Waals surface area contributed by atoms with Crippen molar-refractivity contribution in [2.45, 2.75) is 38.5 Å². The molecule has 0 aliphatic carbocycles. The zero-order valence-electron chi connectivity index (χ0n) is 14.5. The van der Waals surface area contributed by atoms with E-state index < -0.39 is 10.0 Å². The average molecular weight is 354 g/mol. The maximum atomic E-state index is 12.8. The van der Waals surface area contributed by atoms with E-state index >= 15 is 0 Å². The number of benzene rings is 1. The Hall–Kier alpha value is -1.44. The predicted molar refractivity (Wildman–Crippen MR) is 93.5 cm³/mol. The number of carbonyl (C=O) groups excluding carboxylic acids is 1. The first kappa shape index (κ1) is 18.9. The van der Waals surface area contributed by atoms with E-state index in [4.69, 9.17) is 4.74 Å². The van der Waals surface area contributed by atoms with Crippen LogP contribution >= 0.6 is 0 Å². The summed E-state index contributed by atoms with van der Waals surface area (Å²) in [6.45, 7) is 7.40. The number of ether oxygens (including phenoxy) is 1. The number of sulfonamides is 1. The molecule has 1 aromatic carbocycles. The molecule has 0 unspecified atom stereocenters. The molecule has 1 amide bonds. The summed E-state index contributed by atoms with van der Waals surface area (Å²) >= 11 is 0. The highest BCUT2D eigenvalue weighted by molar-refractivity contribution is 7.89. The van der Waals surface area contributed by atoms with E-state index in [2.05, 4.69) is 5.32 Å². The van der Waals surface area contributed by atoms with Crippen LogP contribution in [0, 0.1) is 12.8 Å². The molecule has 1 aliphatic heterocycles. The van der Waals surface area contributed by atoms with E-state index in [9.17, 15) is 13.2 Å². The number of hydrogen-bond donors (Lipinski definition) is 1. The minimum Gasteiger partial charge on any atom is -0.381 e. The second kappa shape index (κ2) is 8.09. The molecule has 0 saturated carbocycles. The fourth-order valence-electron chi connectivity index (χ4n) is 2.86. The van der Waals surface area contributed by atoms with E-state index in [0.29, 0.717) is 50.4 Å². The van der Waals surface area contributed by atoms with Crippen LogP contribution in [0.5, 0.6) is 0 Å². The van der Waals surface area contributed by atoms with Gasteiger partial charge in [-0.25, -0.2) is 8.42 Å². The van der Waals surface area contributed by atoms with E-state index in [-0.39, 0.29) is 16.7 Å². The lowest BCUT2D eigenvalue weighted by molar-refractivity contribution is -0.122. The summed E-state index contributed by atoms with van der Waals surface area (Å²) in [5.41, 5.74) is 1.19. The van der Waals surface area contributed by atoms with Crippen LogP contribution in [0.2, 0.25) is 0 Å². The standard InChI is InChI=1S/C17H26N2O4S/c1-4-19(5-2)24(21,22)16-12-15(7-6-13(16)3)18-17(20)14-8-10-23-11-9-14/h6-7,12,14H,4-5,8-11H2,1-3H3,(H,18,20). The van der Waals surface area contributed by atoms with Crippen LogP contribution in [-0.4, -0.2) is 44.9 Å². The Labute approximate surface area is 144 Å². The minimum absolute atomic E-state index is 0.0756. The van der Waals surface area contributed by atoms with Gasteiger partial charge in [-0.2, -0.15) is 4.31 Å². The zero-order valence-corrected chi connectivity index (χ0v) is 15.4. The van der Waals surface area contributed by atoms with Gasteiger partial charge in [0.15, 0.2) is 0 Å². The van der Waals surface area contributed by atoms with Gasteiger partial charge in [0, 0.05) is 37.9 Å². The number of rotatable bonds is 6. The third-order valence-electron chi connectivity index (χ3n) is 4.37. The Bertz CT molecular complexity index is 678. The Morgan fingerprint density at radius 1 is 1.25 bits per heavy atom. The number of anilines is 1. The fourth-order valence-corrected chi connectivity index (χ4v) is 4.57. The van der Waals surface area contributed by atoms with E-state index in [1.807, 2.05) is 13.8 Å². The molecule has 7 heteroatoms. The third-order valence-corrected chi connectivity index (χ3v) is 6.56. The molecule has 1 heterocycles. The first-order valence-corrected chi connectivity index (χ1v) is 9.83. The zero-order chi connectivity index (χ0) is 17.7. The van der Waals surface area contributed by atoms with Crippen molar-refractivity contribution in [3.8, 4) is 0 Å². The summed E-state index contributed by atoms with van der Waals surface area (Å²) in [4.78, 5) is 12.6. The lowest BCUT2D eigenvalue weighted by Crippen LogP contribution is -2.31. The van der Waals surface area contributed by atoms with Crippen molar-refractivity contribution in [3.63, 3.8) is 0 Å². The Balaban J connectivity index is 2.23. The first-order valence-electron chi connectivity index (χ1n) is 8.39. The van der Waals surface area contributed by atoms with Crippen molar-refractivity contribution in [2.75, 3.05) is 31.6 Å². The molecule has 1 saturated heterocycles. The highest BCUT2D eigenvalue weighted by atomic mass is 32.2. The van der Waals surface area contributed by atoms with Gasteiger partial charge in [-0.15, -0.1) is 0 Å². The highest BCUT2D eigenvalue weighted by Crippen LogP contribution is 2.25. The predicted octanol–water partition coefficient (Wildman–Crippen LogP) is 2.39. The Morgan fingerprint density at radius 3 is 2.46 bits per heavy atom. The van der Waals surface area contributed by atoms with Crippen molar-refractivity contribution in [3.05, 3.63) is 23.8 Å². The average Bonchev–Trinajstić information content (AvgIpc) is 2.58. The number of carbonyl (C=O) groups is 1. The molecule has 0 spiro atoms. The molecule has 24 heavy (non-hydrogen) atoms. The monoisotopic (exact) mass is 354 g/mol. The normalized spacial score (nSPS) is 16.3. The number of nitrogens with zero attached hydrogens (tertiary/aromatic N) is 1. The van der Waals surface area contributed by atoms with Crippen LogP contribution in [0.25, 0.3) is 0 Å². The molecule has 1 aromatic rings. The maximum absolute atomic E-state index is 12.8. The van der Waals surface area contributed by atoms with Crippen molar-refractivity contribution in [1.29, 1.82) is 0 Å². The van der Waals surface area contributed by atoms with Crippen LogP contribution < -0.4 is 5.32 Å². The van der Waals surface area contributed by atoms with Gasteiger partial charge < -0.3 is 10.1 Å². The van der Waals surface area contributed by atoms with Crippen LogP contribution in [-0.2, 0) is 19.6 Å². The second-order valence-corrected chi connectivity index (χ2v) is 7.85. The molecule has 0 aromatic heterocycles. The summed E-state index contributed by atoms with van der Waals surface area (Å²) in [7, 11) is -3.55. The van der Waals surface area contributed by atoms with Crippen LogP contribution in [0.15, 0.2) is 23.1 Å². The maximum Gasteiger partial charge on any atom is 0.243 e. The molecular formula is C17H26N2O4S.